The van der Waals surface area contributed by atoms with Gasteiger partial charge < -0.3 is 5.73 Å². The van der Waals surface area contributed by atoms with Gasteiger partial charge in [-0.25, -0.2) is 0 Å². The van der Waals surface area contributed by atoms with Crippen molar-refractivity contribution in [3.63, 3.8) is 0 Å². The zero-order valence-electron chi connectivity index (χ0n) is 12.4. The lowest BCUT2D eigenvalue weighted by Gasteiger charge is -2.37. The van der Waals surface area contributed by atoms with Crippen LogP contribution in [0, 0.1) is 11.3 Å². The van der Waals surface area contributed by atoms with Gasteiger partial charge in [-0.15, -0.1) is 0 Å². The van der Waals surface area contributed by atoms with Crippen molar-refractivity contribution < 1.29 is 0 Å². The number of hydrogen-bond donors (Lipinski definition) is 1. The highest BCUT2D eigenvalue weighted by molar-refractivity contribution is 5.13. The molecule has 1 atom stereocenters. The van der Waals surface area contributed by atoms with E-state index < -0.39 is 0 Å². The summed E-state index contributed by atoms with van der Waals surface area (Å²) in [5.41, 5.74) is 8.71. The van der Waals surface area contributed by atoms with E-state index in [2.05, 4.69) is 19.9 Å². The van der Waals surface area contributed by atoms with Gasteiger partial charge in [-0.2, -0.15) is 0 Å². The molecule has 18 heavy (non-hydrogen) atoms. The van der Waals surface area contributed by atoms with Crippen LogP contribution in [-0.2, 0) is 0 Å². The molecule has 0 heterocycles. The van der Waals surface area contributed by atoms with Gasteiger partial charge in [0.25, 0.3) is 0 Å². The minimum atomic E-state index is 0.360. The van der Waals surface area contributed by atoms with Gasteiger partial charge in [0.05, 0.1) is 0 Å². The summed E-state index contributed by atoms with van der Waals surface area (Å²) in [5, 5.41) is 0. The number of allylic oxidation sites excluding steroid dienone is 1. The summed E-state index contributed by atoms with van der Waals surface area (Å²) in [6, 6.07) is 0.360. The Morgan fingerprint density at radius 1 is 1.11 bits per heavy atom. The monoisotopic (exact) mass is 249 g/mol. The summed E-state index contributed by atoms with van der Waals surface area (Å²) >= 11 is 0. The second-order valence-corrected chi connectivity index (χ2v) is 7.26. The van der Waals surface area contributed by atoms with Gasteiger partial charge in [-0.1, -0.05) is 38.3 Å². The third-order valence-electron chi connectivity index (χ3n) is 5.15. The lowest BCUT2D eigenvalue weighted by atomic mass is 9.70. The van der Waals surface area contributed by atoms with Crippen LogP contribution < -0.4 is 5.73 Å². The van der Waals surface area contributed by atoms with Crippen molar-refractivity contribution >= 4 is 0 Å². The van der Waals surface area contributed by atoms with E-state index >= 15 is 0 Å². The normalized spacial score (nSPS) is 28.1. The fraction of sp³-hybridized carbons (Fsp3) is 0.882. The van der Waals surface area contributed by atoms with Crippen LogP contribution in [0.25, 0.3) is 0 Å². The Labute approximate surface area is 113 Å². The molecule has 2 aliphatic carbocycles. The van der Waals surface area contributed by atoms with Crippen LogP contribution in [0.1, 0.15) is 78.1 Å². The van der Waals surface area contributed by atoms with Gasteiger partial charge >= 0.3 is 0 Å². The summed E-state index contributed by atoms with van der Waals surface area (Å²) in [7, 11) is 0. The van der Waals surface area contributed by atoms with Crippen molar-refractivity contribution in [2.45, 2.75) is 84.1 Å². The Hall–Kier alpha value is -0.300. The van der Waals surface area contributed by atoms with E-state index in [1.165, 1.54) is 64.2 Å². The van der Waals surface area contributed by atoms with Gasteiger partial charge in [-0.05, 0) is 62.7 Å². The van der Waals surface area contributed by atoms with Crippen molar-refractivity contribution in [3.05, 3.63) is 11.6 Å². The van der Waals surface area contributed by atoms with Crippen molar-refractivity contribution in [1.29, 1.82) is 0 Å². The van der Waals surface area contributed by atoms with Gasteiger partial charge in [0.1, 0.15) is 0 Å². The first-order chi connectivity index (χ1) is 8.58. The van der Waals surface area contributed by atoms with Crippen molar-refractivity contribution in [1.82, 2.24) is 0 Å². The summed E-state index contributed by atoms with van der Waals surface area (Å²) in [4.78, 5) is 0. The van der Waals surface area contributed by atoms with Crippen molar-refractivity contribution in [2.24, 2.45) is 17.1 Å². The minimum Gasteiger partial charge on any atom is -0.324 e. The molecule has 0 saturated heterocycles. The van der Waals surface area contributed by atoms with Crippen LogP contribution in [0.3, 0.4) is 0 Å². The first-order valence-corrected chi connectivity index (χ1v) is 8.03. The number of hydrogen-bond acceptors (Lipinski definition) is 1. The maximum absolute atomic E-state index is 6.56. The first kappa shape index (κ1) is 14.1. The molecule has 1 fully saturated rings. The third kappa shape index (κ3) is 3.85. The highest BCUT2D eigenvalue weighted by Gasteiger charge is 2.31. The Morgan fingerprint density at radius 3 is 2.50 bits per heavy atom. The number of nitrogens with two attached hydrogens (primary N) is 1. The zero-order chi connectivity index (χ0) is 13.0. The summed E-state index contributed by atoms with van der Waals surface area (Å²) < 4.78 is 0. The van der Waals surface area contributed by atoms with Crippen LogP contribution in [0.2, 0.25) is 0 Å². The van der Waals surface area contributed by atoms with E-state index in [9.17, 15) is 0 Å². The third-order valence-corrected chi connectivity index (χ3v) is 5.15. The number of rotatable bonds is 2. The molecule has 0 amide bonds. The SMILES string of the molecule is CC1(C)CCC(C(N)C2=CCCCCCC2)CC1. The van der Waals surface area contributed by atoms with Crippen LogP contribution >= 0.6 is 0 Å². The Kier molecular flexibility index (Phi) is 4.89. The van der Waals surface area contributed by atoms with Gasteiger partial charge in [0.2, 0.25) is 0 Å². The quantitative estimate of drug-likeness (QED) is 0.698. The van der Waals surface area contributed by atoms with E-state index in [1.807, 2.05) is 0 Å². The summed E-state index contributed by atoms with van der Waals surface area (Å²) in [6.45, 7) is 4.81. The topological polar surface area (TPSA) is 26.0 Å². The van der Waals surface area contributed by atoms with Gasteiger partial charge in [-0.3, -0.25) is 0 Å². The lowest BCUT2D eigenvalue weighted by Crippen LogP contribution is -2.36. The Morgan fingerprint density at radius 2 is 1.78 bits per heavy atom. The van der Waals surface area contributed by atoms with Crippen molar-refractivity contribution in [2.75, 3.05) is 0 Å². The fourth-order valence-corrected chi connectivity index (χ4v) is 3.60. The predicted octanol–water partition coefficient (Wildman–Crippen LogP) is 4.81. The summed E-state index contributed by atoms with van der Waals surface area (Å²) in [5.74, 6) is 0.753. The molecule has 2 N–H and O–H groups in total. The molecule has 0 aromatic rings. The van der Waals surface area contributed by atoms with Crippen LogP contribution in [0.15, 0.2) is 11.6 Å². The van der Waals surface area contributed by atoms with Gasteiger partial charge in [0.15, 0.2) is 0 Å². The molecule has 104 valence electrons. The molecule has 0 spiro atoms. The lowest BCUT2D eigenvalue weighted by molar-refractivity contribution is 0.179. The Balaban J connectivity index is 1.91. The molecule has 0 aliphatic heterocycles. The smallest absolute Gasteiger partial charge is 0.0282 e. The zero-order valence-corrected chi connectivity index (χ0v) is 12.4. The minimum absolute atomic E-state index is 0.360. The molecule has 0 bridgehead atoms. The molecule has 2 aliphatic rings. The molecule has 0 aromatic heterocycles. The first-order valence-electron chi connectivity index (χ1n) is 8.03. The second-order valence-electron chi connectivity index (χ2n) is 7.26. The fourth-order valence-electron chi connectivity index (χ4n) is 3.60. The molecular weight excluding hydrogens is 218 g/mol. The van der Waals surface area contributed by atoms with E-state index in [0.717, 1.165) is 5.92 Å². The van der Waals surface area contributed by atoms with E-state index in [0.29, 0.717) is 11.5 Å². The molecule has 1 saturated carbocycles. The molecule has 1 nitrogen and oxygen atoms in total. The molecule has 1 heteroatoms. The molecule has 2 rings (SSSR count). The van der Waals surface area contributed by atoms with Crippen LogP contribution in [0.5, 0.6) is 0 Å². The largest absolute Gasteiger partial charge is 0.324 e. The van der Waals surface area contributed by atoms with Crippen molar-refractivity contribution in [3.8, 4) is 0 Å². The standard InChI is InChI=1S/C17H31N/c1-17(2)12-10-15(11-13-17)16(18)14-8-6-4-3-5-7-9-14/h8,15-16H,3-7,9-13,18H2,1-2H3. The summed E-state index contributed by atoms with van der Waals surface area (Å²) in [6.07, 6.45) is 15.9. The average molecular weight is 249 g/mol. The van der Waals surface area contributed by atoms with E-state index in [1.54, 1.807) is 5.57 Å². The van der Waals surface area contributed by atoms with Crippen LogP contribution in [-0.4, -0.2) is 6.04 Å². The molecular formula is C17H31N. The maximum Gasteiger partial charge on any atom is 0.0282 e. The second kappa shape index (κ2) is 6.23. The predicted molar refractivity (Wildman–Crippen MR) is 79.5 cm³/mol. The molecule has 1 unspecified atom stereocenters. The van der Waals surface area contributed by atoms with Gasteiger partial charge in [0, 0.05) is 6.04 Å². The van der Waals surface area contributed by atoms with Crippen LogP contribution in [0.4, 0.5) is 0 Å². The molecule has 0 radical (unpaired) electrons. The molecule has 0 aromatic carbocycles. The van der Waals surface area contributed by atoms with E-state index in [4.69, 9.17) is 5.73 Å². The highest BCUT2D eigenvalue weighted by Crippen LogP contribution is 2.40. The average Bonchev–Trinajstić information content (AvgIpc) is 2.27. The maximum atomic E-state index is 6.56. The highest BCUT2D eigenvalue weighted by atomic mass is 14.7. The Bertz CT molecular complexity index is 280. The van der Waals surface area contributed by atoms with E-state index in [-0.39, 0.29) is 0 Å².